The lowest BCUT2D eigenvalue weighted by molar-refractivity contribution is 0.00854. The standard InChI is InChI=1S/C16H31N3OS/c1-17-15(18-12-16(20)9-4-3-5-10-16)19-13-7-6-8-14(11-13)21-2/h13-14,20H,3-12H2,1-2H3,(H2,17,18,19). The van der Waals surface area contributed by atoms with Gasteiger partial charge in [0.25, 0.3) is 0 Å². The van der Waals surface area contributed by atoms with Crippen molar-refractivity contribution >= 4 is 17.7 Å². The normalized spacial score (nSPS) is 30.0. The number of hydrogen-bond donors (Lipinski definition) is 3. The monoisotopic (exact) mass is 313 g/mol. The first kappa shape index (κ1) is 16.9. The SMILES string of the molecule is CN=C(NCC1(O)CCCCC1)NC1CCCC(SC)C1. The molecule has 2 rings (SSSR count). The number of rotatable bonds is 4. The molecule has 0 bridgehead atoms. The summed E-state index contributed by atoms with van der Waals surface area (Å²) >= 11 is 1.98. The number of nitrogens with zero attached hydrogens (tertiary/aromatic N) is 1. The van der Waals surface area contributed by atoms with E-state index in [1.165, 1.54) is 32.1 Å². The molecule has 2 unspecified atom stereocenters. The highest BCUT2D eigenvalue weighted by molar-refractivity contribution is 7.99. The van der Waals surface area contributed by atoms with Crippen molar-refractivity contribution < 1.29 is 5.11 Å². The van der Waals surface area contributed by atoms with E-state index in [1.807, 2.05) is 18.8 Å². The van der Waals surface area contributed by atoms with E-state index in [4.69, 9.17) is 0 Å². The Morgan fingerprint density at radius 2 is 2.00 bits per heavy atom. The van der Waals surface area contributed by atoms with Crippen LogP contribution in [0.3, 0.4) is 0 Å². The molecule has 2 aliphatic carbocycles. The van der Waals surface area contributed by atoms with Gasteiger partial charge < -0.3 is 15.7 Å². The van der Waals surface area contributed by atoms with Gasteiger partial charge in [-0.05, 0) is 38.4 Å². The van der Waals surface area contributed by atoms with Gasteiger partial charge in [-0.3, -0.25) is 4.99 Å². The van der Waals surface area contributed by atoms with Gasteiger partial charge >= 0.3 is 0 Å². The second-order valence-electron chi connectivity index (χ2n) is 6.58. The van der Waals surface area contributed by atoms with Crippen LogP contribution in [-0.2, 0) is 0 Å². The number of guanidine groups is 1. The van der Waals surface area contributed by atoms with E-state index in [2.05, 4.69) is 21.9 Å². The van der Waals surface area contributed by atoms with Crippen LogP contribution in [0.1, 0.15) is 57.8 Å². The van der Waals surface area contributed by atoms with Crippen LogP contribution in [-0.4, -0.2) is 47.8 Å². The quantitative estimate of drug-likeness (QED) is 0.551. The lowest BCUT2D eigenvalue weighted by Crippen LogP contribution is -2.51. The first-order valence-corrected chi connectivity index (χ1v) is 9.66. The second-order valence-corrected chi connectivity index (χ2v) is 7.71. The first-order chi connectivity index (χ1) is 10.1. The number of thioether (sulfide) groups is 1. The summed E-state index contributed by atoms with van der Waals surface area (Å²) in [7, 11) is 1.81. The van der Waals surface area contributed by atoms with E-state index >= 15 is 0 Å². The third kappa shape index (κ3) is 5.37. The molecule has 3 N–H and O–H groups in total. The predicted molar refractivity (Wildman–Crippen MR) is 92.1 cm³/mol. The molecule has 2 atom stereocenters. The smallest absolute Gasteiger partial charge is 0.191 e. The Hall–Kier alpha value is -0.420. The molecular formula is C16H31N3OS. The van der Waals surface area contributed by atoms with Crippen molar-refractivity contribution in [2.75, 3.05) is 19.8 Å². The number of aliphatic hydroxyl groups is 1. The van der Waals surface area contributed by atoms with E-state index in [9.17, 15) is 5.11 Å². The molecule has 4 nitrogen and oxygen atoms in total. The molecule has 0 aromatic carbocycles. The van der Waals surface area contributed by atoms with E-state index in [0.29, 0.717) is 12.6 Å². The van der Waals surface area contributed by atoms with Crippen LogP contribution >= 0.6 is 11.8 Å². The molecule has 0 radical (unpaired) electrons. The Morgan fingerprint density at radius 1 is 1.24 bits per heavy atom. The maximum atomic E-state index is 10.6. The Kier molecular flexibility index (Phi) is 6.68. The van der Waals surface area contributed by atoms with Crippen molar-refractivity contribution in [2.24, 2.45) is 4.99 Å². The van der Waals surface area contributed by atoms with Gasteiger partial charge in [0.05, 0.1) is 5.60 Å². The highest BCUT2D eigenvalue weighted by atomic mass is 32.2. The zero-order chi connectivity index (χ0) is 15.1. The van der Waals surface area contributed by atoms with Crippen molar-refractivity contribution in [3.63, 3.8) is 0 Å². The van der Waals surface area contributed by atoms with E-state index in [1.54, 1.807) is 0 Å². The molecular weight excluding hydrogens is 282 g/mol. The average molecular weight is 314 g/mol. The minimum absolute atomic E-state index is 0.517. The van der Waals surface area contributed by atoms with Crippen LogP contribution in [0.15, 0.2) is 4.99 Å². The van der Waals surface area contributed by atoms with Crippen LogP contribution in [0.5, 0.6) is 0 Å². The van der Waals surface area contributed by atoms with E-state index in [-0.39, 0.29) is 0 Å². The fraction of sp³-hybridized carbons (Fsp3) is 0.938. The summed E-state index contributed by atoms with van der Waals surface area (Å²) in [6.07, 6.45) is 12.6. The third-order valence-corrected chi connectivity index (χ3v) is 5.99. The summed E-state index contributed by atoms with van der Waals surface area (Å²) in [5.74, 6) is 0.848. The molecule has 2 saturated carbocycles. The molecule has 0 spiro atoms. The summed E-state index contributed by atoms with van der Waals surface area (Å²) in [6.45, 7) is 0.616. The molecule has 0 aromatic heterocycles. The molecule has 5 heteroatoms. The van der Waals surface area contributed by atoms with Gasteiger partial charge in [-0.1, -0.05) is 25.7 Å². The van der Waals surface area contributed by atoms with E-state index in [0.717, 1.165) is 36.9 Å². The van der Waals surface area contributed by atoms with Crippen molar-refractivity contribution in [1.29, 1.82) is 0 Å². The molecule has 2 fully saturated rings. The maximum absolute atomic E-state index is 10.6. The largest absolute Gasteiger partial charge is 0.388 e. The highest BCUT2D eigenvalue weighted by Gasteiger charge is 2.29. The topological polar surface area (TPSA) is 56.7 Å². The molecule has 0 aromatic rings. The minimum atomic E-state index is -0.537. The lowest BCUT2D eigenvalue weighted by Gasteiger charge is -2.34. The Labute approximate surface area is 133 Å². The fourth-order valence-corrected chi connectivity index (χ4v) is 4.34. The predicted octanol–water partition coefficient (Wildman–Crippen LogP) is 2.52. The van der Waals surface area contributed by atoms with Crippen LogP contribution < -0.4 is 10.6 Å². The molecule has 0 aliphatic heterocycles. The van der Waals surface area contributed by atoms with Crippen LogP contribution in [0.25, 0.3) is 0 Å². The zero-order valence-corrected chi connectivity index (χ0v) is 14.3. The van der Waals surface area contributed by atoms with Crippen molar-refractivity contribution in [3.8, 4) is 0 Å². The van der Waals surface area contributed by atoms with Gasteiger partial charge in [0, 0.05) is 24.9 Å². The Balaban J connectivity index is 1.77. The third-order valence-electron chi connectivity index (χ3n) is 4.89. The molecule has 21 heavy (non-hydrogen) atoms. The van der Waals surface area contributed by atoms with Crippen LogP contribution in [0.4, 0.5) is 0 Å². The van der Waals surface area contributed by atoms with Crippen molar-refractivity contribution in [2.45, 2.75) is 74.7 Å². The second kappa shape index (κ2) is 8.28. The highest BCUT2D eigenvalue weighted by Crippen LogP contribution is 2.28. The van der Waals surface area contributed by atoms with Crippen molar-refractivity contribution in [3.05, 3.63) is 0 Å². The molecule has 2 aliphatic rings. The number of nitrogens with one attached hydrogen (secondary N) is 2. The fourth-order valence-electron chi connectivity index (χ4n) is 3.51. The van der Waals surface area contributed by atoms with Gasteiger partial charge in [0.2, 0.25) is 0 Å². The minimum Gasteiger partial charge on any atom is -0.388 e. The Morgan fingerprint density at radius 3 is 2.67 bits per heavy atom. The van der Waals surface area contributed by atoms with Crippen molar-refractivity contribution in [1.82, 2.24) is 10.6 Å². The summed E-state index contributed by atoms with van der Waals surface area (Å²) in [5.41, 5.74) is -0.537. The van der Waals surface area contributed by atoms with Gasteiger partial charge in [-0.2, -0.15) is 11.8 Å². The molecule has 122 valence electrons. The molecule has 0 amide bonds. The van der Waals surface area contributed by atoms with Gasteiger partial charge in [-0.25, -0.2) is 0 Å². The molecule has 0 heterocycles. The lowest BCUT2D eigenvalue weighted by atomic mass is 9.85. The maximum Gasteiger partial charge on any atom is 0.191 e. The zero-order valence-electron chi connectivity index (χ0n) is 13.5. The van der Waals surface area contributed by atoms with Gasteiger partial charge in [0.15, 0.2) is 5.96 Å². The number of hydrogen-bond acceptors (Lipinski definition) is 3. The first-order valence-electron chi connectivity index (χ1n) is 8.37. The Bertz CT molecular complexity index is 342. The summed E-state index contributed by atoms with van der Waals surface area (Å²) in [5, 5.41) is 18.2. The van der Waals surface area contributed by atoms with Crippen LogP contribution in [0.2, 0.25) is 0 Å². The summed E-state index contributed by atoms with van der Waals surface area (Å²) in [6, 6.07) is 0.517. The summed E-state index contributed by atoms with van der Waals surface area (Å²) in [4.78, 5) is 4.33. The average Bonchev–Trinajstić information content (AvgIpc) is 2.52. The van der Waals surface area contributed by atoms with Gasteiger partial charge in [0.1, 0.15) is 0 Å². The number of aliphatic imine (C=N–C) groups is 1. The molecule has 0 saturated heterocycles. The van der Waals surface area contributed by atoms with Gasteiger partial charge in [-0.15, -0.1) is 0 Å². The van der Waals surface area contributed by atoms with Crippen LogP contribution in [0, 0.1) is 0 Å². The van der Waals surface area contributed by atoms with E-state index < -0.39 is 5.60 Å². The summed E-state index contributed by atoms with van der Waals surface area (Å²) < 4.78 is 0.